The Morgan fingerprint density at radius 3 is 2.41 bits per heavy atom. The number of para-hydroxylation sites is 1. The summed E-state index contributed by atoms with van der Waals surface area (Å²) in [4.78, 5) is 3.31. The topological polar surface area (TPSA) is 74.4 Å². The van der Waals surface area contributed by atoms with Crippen LogP contribution in [0.4, 0.5) is 23.0 Å². The van der Waals surface area contributed by atoms with Crippen LogP contribution in [-0.2, 0) is 0 Å². The van der Waals surface area contributed by atoms with Gasteiger partial charge in [-0.25, -0.2) is 4.85 Å². The number of nitrogens with one attached hydrogen (secondary N) is 2. The van der Waals surface area contributed by atoms with Gasteiger partial charge in [0.1, 0.15) is 5.75 Å². The normalized spacial score (nSPS) is 12.2. The van der Waals surface area contributed by atoms with Crippen LogP contribution < -0.4 is 10.6 Å². The summed E-state index contributed by atoms with van der Waals surface area (Å²) >= 11 is 1.08. The standard InChI is InChI=1S/C20H21N5OS/c1-20(2,3)17(13-9-6-5-7-10-13)23-19-18(24-27-25-19)22-15-12-8-11-14(21-4)16(15)26/h5-12,17,26H,1-3H3,(H,22,24)(H,23,25)/t17-/m0/s1. The summed E-state index contributed by atoms with van der Waals surface area (Å²) in [7, 11) is 0. The third-order valence-electron chi connectivity index (χ3n) is 4.16. The van der Waals surface area contributed by atoms with Crippen LogP contribution >= 0.6 is 11.7 Å². The van der Waals surface area contributed by atoms with Gasteiger partial charge in [0.25, 0.3) is 0 Å². The summed E-state index contributed by atoms with van der Waals surface area (Å²) in [6.45, 7) is 13.6. The summed E-state index contributed by atoms with van der Waals surface area (Å²) in [6, 6.07) is 15.2. The van der Waals surface area contributed by atoms with E-state index in [1.54, 1.807) is 18.2 Å². The third-order valence-corrected chi connectivity index (χ3v) is 4.69. The maximum absolute atomic E-state index is 10.2. The average molecular weight is 379 g/mol. The van der Waals surface area contributed by atoms with Gasteiger partial charge in [-0.05, 0) is 17.0 Å². The fraction of sp³-hybridized carbons (Fsp3) is 0.250. The summed E-state index contributed by atoms with van der Waals surface area (Å²) in [5, 5.41) is 16.8. The fourth-order valence-electron chi connectivity index (χ4n) is 2.80. The van der Waals surface area contributed by atoms with E-state index in [2.05, 4.69) is 57.1 Å². The lowest BCUT2D eigenvalue weighted by Crippen LogP contribution is -2.26. The van der Waals surface area contributed by atoms with Crippen LogP contribution in [0.15, 0.2) is 48.5 Å². The van der Waals surface area contributed by atoms with Gasteiger partial charge in [-0.3, -0.25) is 0 Å². The minimum atomic E-state index is -0.0955. The molecule has 3 rings (SSSR count). The number of phenolic OH excluding ortho intramolecular Hbond substituents is 1. The van der Waals surface area contributed by atoms with Crippen molar-refractivity contribution in [3.63, 3.8) is 0 Å². The molecule has 7 heteroatoms. The second kappa shape index (κ2) is 7.64. The first-order chi connectivity index (χ1) is 12.9. The van der Waals surface area contributed by atoms with Crippen molar-refractivity contribution in [1.29, 1.82) is 0 Å². The van der Waals surface area contributed by atoms with Crippen molar-refractivity contribution in [3.8, 4) is 5.75 Å². The number of aromatic nitrogens is 2. The van der Waals surface area contributed by atoms with Crippen LogP contribution in [0.5, 0.6) is 5.75 Å². The summed E-state index contributed by atoms with van der Waals surface area (Å²) in [6.07, 6.45) is 0. The molecule has 27 heavy (non-hydrogen) atoms. The minimum absolute atomic E-state index is 0.0197. The number of phenols is 1. The highest BCUT2D eigenvalue weighted by molar-refractivity contribution is 6.99. The predicted octanol–water partition coefficient (Wildman–Crippen LogP) is 5.74. The highest BCUT2D eigenvalue weighted by Gasteiger charge is 2.28. The maximum Gasteiger partial charge on any atom is 0.230 e. The van der Waals surface area contributed by atoms with E-state index in [0.717, 1.165) is 17.3 Å². The molecule has 0 bridgehead atoms. The van der Waals surface area contributed by atoms with E-state index in [9.17, 15) is 5.11 Å². The van der Waals surface area contributed by atoms with Gasteiger partial charge in [0.15, 0.2) is 11.6 Å². The van der Waals surface area contributed by atoms with Gasteiger partial charge in [0.05, 0.1) is 30.0 Å². The molecular formula is C20H21N5OS. The summed E-state index contributed by atoms with van der Waals surface area (Å²) in [5.74, 6) is 1.03. The summed E-state index contributed by atoms with van der Waals surface area (Å²) < 4.78 is 8.68. The molecule has 3 aromatic rings. The molecule has 6 nitrogen and oxygen atoms in total. The van der Waals surface area contributed by atoms with Gasteiger partial charge in [0.2, 0.25) is 5.69 Å². The Bertz CT molecular complexity index is 956. The first-order valence-electron chi connectivity index (χ1n) is 8.50. The zero-order valence-corrected chi connectivity index (χ0v) is 16.2. The minimum Gasteiger partial charge on any atom is -0.517 e. The smallest absolute Gasteiger partial charge is 0.230 e. The van der Waals surface area contributed by atoms with Crippen molar-refractivity contribution in [1.82, 2.24) is 8.75 Å². The van der Waals surface area contributed by atoms with E-state index in [1.165, 1.54) is 0 Å². The van der Waals surface area contributed by atoms with Crippen LogP contribution in [-0.4, -0.2) is 13.9 Å². The highest BCUT2D eigenvalue weighted by atomic mass is 32.1. The van der Waals surface area contributed by atoms with E-state index >= 15 is 0 Å². The van der Waals surface area contributed by atoms with Gasteiger partial charge in [0, 0.05) is 0 Å². The Morgan fingerprint density at radius 2 is 1.74 bits per heavy atom. The lowest BCUT2D eigenvalue weighted by Gasteiger charge is -2.32. The Hall–Kier alpha value is -3.11. The van der Waals surface area contributed by atoms with E-state index in [-0.39, 0.29) is 22.9 Å². The van der Waals surface area contributed by atoms with Crippen molar-refractivity contribution in [2.75, 3.05) is 10.6 Å². The number of aromatic hydroxyl groups is 1. The van der Waals surface area contributed by atoms with Crippen molar-refractivity contribution in [2.45, 2.75) is 26.8 Å². The molecule has 0 saturated heterocycles. The Labute approximate surface area is 163 Å². The number of hydrogen-bond donors (Lipinski definition) is 3. The Morgan fingerprint density at radius 1 is 1.04 bits per heavy atom. The van der Waals surface area contributed by atoms with E-state index < -0.39 is 0 Å². The molecule has 0 aliphatic rings. The monoisotopic (exact) mass is 379 g/mol. The van der Waals surface area contributed by atoms with E-state index in [1.807, 2.05) is 18.2 Å². The lowest BCUT2D eigenvalue weighted by molar-refractivity contribution is 0.347. The molecule has 1 aromatic heterocycles. The molecule has 1 atom stereocenters. The molecular weight excluding hydrogens is 358 g/mol. The second-order valence-corrected chi connectivity index (χ2v) is 7.75. The SMILES string of the molecule is [C-]#[N+]c1cccc(Nc2nsnc2N[C@@H](c2ccccc2)C(C)(C)C)c1O. The average Bonchev–Trinajstić information content (AvgIpc) is 3.08. The Kier molecular flexibility index (Phi) is 5.28. The van der Waals surface area contributed by atoms with Crippen LogP contribution in [0.25, 0.3) is 4.85 Å². The maximum atomic E-state index is 10.2. The van der Waals surface area contributed by atoms with Crippen LogP contribution in [0, 0.1) is 12.0 Å². The zero-order chi connectivity index (χ0) is 19.4. The quantitative estimate of drug-likeness (QED) is 0.389. The second-order valence-electron chi connectivity index (χ2n) is 7.23. The lowest BCUT2D eigenvalue weighted by atomic mass is 9.82. The number of benzene rings is 2. The number of rotatable bonds is 5. The molecule has 0 aliphatic carbocycles. The molecule has 0 radical (unpaired) electrons. The van der Waals surface area contributed by atoms with Crippen LogP contribution in [0.2, 0.25) is 0 Å². The molecule has 0 aliphatic heterocycles. The van der Waals surface area contributed by atoms with E-state index in [0.29, 0.717) is 17.3 Å². The number of anilines is 3. The predicted molar refractivity (Wildman–Crippen MR) is 110 cm³/mol. The van der Waals surface area contributed by atoms with Gasteiger partial charge < -0.3 is 15.7 Å². The molecule has 0 saturated carbocycles. The van der Waals surface area contributed by atoms with Gasteiger partial charge in [-0.1, -0.05) is 63.2 Å². The van der Waals surface area contributed by atoms with E-state index in [4.69, 9.17) is 6.57 Å². The molecule has 0 fully saturated rings. The van der Waals surface area contributed by atoms with Crippen LogP contribution in [0.3, 0.4) is 0 Å². The third kappa shape index (κ3) is 4.18. The molecule has 2 aromatic carbocycles. The number of hydrogen-bond acceptors (Lipinski definition) is 6. The molecule has 3 N–H and O–H groups in total. The molecule has 0 spiro atoms. The van der Waals surface area contributed by atoms with Gasteiger partial charge in [-0.15, -0.1) is 0 Å². The Balaban J connectivity index is 1.90. The highest BCUT2D eigenvalue weighted by Crippen LogP contribution is 2.39. The van der Waals surface area contributed by atoms with Gasteiger partial charge >= 0.3 is 0 Å². The van der Waals surface area contributed by atoms with Gasteiger partial charge in [-0.2, -0.15) is 8.75 Å². The number of nitrogens with zero attached hydrogens (tertiary/aromatic N) is 3. The molecule has 1 heterocycles. The zero-order valence-electron chi connectivity index (χ0n) is 15.4. The first kappa shape index (κ1) is 18.7. The van der Waals surface area contributed by atoms with Crippen molar-refractivity contribution >= 4 is 34.7 Å². The van der Waals surface area contributed by atoms with Crippen molar-refractivity contribution < 1.29 is 5.11 Å². The largest absolute Gasteiger partial charge is 0.517 e. The first-order valence-corrected chi connectivity index (χ1v) is 9.23. The van der Waals surface area contributed by atoms with Crippen molar-refractivity contribution in [3.05, 3.63) is 65.5 Å². The summed E-state index contributed by atoms with van der Waals surface area (Å²) in [5.41, 5.74) is 1.71. The molecule has 138 valence electrons. The molecule has 0 unspecified atom stereocenters. The van der Waals surface area contributed by atoms with Crippen LogP contribution in [0.1, 0.15) is 32.4 Å². The fourth-order valence-corrected chi connectivity index (χ4v) is 3.27. The molecule has 0 amide bonds. The van der Waals surface area contributed by atoms with Crippen molar-refractivity contribution in [2.24, 2.45) is 5.41 Å².